The lowest BCUT2D eigenvalue weighted by molar-refractivity contribution is 0.683. The molecule has 0 amide bonds. The van der Waals surface area contributed by atoms with E-state index in [9.17, 15) is 0 Å². The maximum Gasteiger partial charge on any atom is 0.0537 e. The normalized spacial score (nSPS) is 10.3. The van der Waals surface area contributed by atoms with Gasteiger partial charge in [0.05, 0.1) is 12.4 Å². The average Bonchev–Trinajstić information content (AvgIpc) is 2.79. The van der Waals surface area contributed by atoms with Gasteiger partial charge in [0.1, 0.15) is 0 Å². The maximum atomic E-state index is 4.21. The largest absolute Gasteiger partial charge is 0.308 e. The lowest BCUT2D eigenvalue weighted by Gasteiger charge is -2.02. The predicted molar refractivity (Wildman–Crippen MR) is 68.9 cm³/mol. The number of halogens is 1. The first-order chi connectivity index (χ1) is 7.66. The van der Waals surface area contributed by atoms with Crippen LogP contribution in [-0.4, -0.2) is 19.6 Å². The summed E-state index contributed by atoms with van der Waals surface area (Å²) in [7, 11) is 3.88. The van der Waals surface area contributed by atoms with Crippen LogP contribution >= 0.6 is 12.4 Å². The lowest BCUT2D eigenvalue weighted by atomic mass is 10.2. The minimum atomic E-state index is 0. The Morgan fingerprint density at radius 2 is 1.94 bits per heavy atom. The molecule has 0 saturated carbocycles. The molecule has 0 radical (unpaired) electrons. The van der Waals surface area contributed by atoms with Gasteiger partial charge in [0.25, 0.3) is 0 Å². The van der Waals surface area contributed by atoms with E-state index in [1.54, 1.807) is 0 Å². The summed E-state index contributed by atoms with van der Waals surface area (Å²) in [5, 5.41) is 11.7. The second kappa shape index (κ2) is 5.84. The van der Waals surface area contributed by atoms with E-state index in [1.165, 1.54) is 16.8 Å². The standard InChI is InChI=1S/C11H17N5.ClH/c1-9-11(7-14-16(9)3)6-12-4-10-5-13-15(2)8-10;/h5,7-8,12H,4,6H2,1-3H3;1H. The third kappa shape index (κ3) is 3.31. The first kappa shape index (κ1) is 13.7. The average molecular weight is 256 g/mol. The highest BCUT2D eigenvalue weighted by Gasteiger charge is 2.03. The minimum Gasteiger partial charge on any atom is -0.308 e. The Balaban J connectivity index is 0.00000144. The van der Waals surface area contributed by atoms with Crippen LogP contribution in [0.3, 0.4) is 0 Å². The van der Waals surface area contributed by atoms with Gasteiger partial charge in [0.15, 0.2) is 0 Å². The summed E-state index contributed by atoms with van der Waals surface area (Å²) in [6.07, 6.45) is 5.80. The molecule has 17 heavy (non-hydrogen) atoms. The molecule has 0 saturated heterocycles. The Bertz CT molecular complexity index is 474. The van der Waals surface area contributed by atoms with Gasteiger partial charge in [-0.15, -0.1) is 12.4 Å². The Morgan fingerprint density at radius 3 is 2.47 bits per heavy atom. The number of hydrogen-bond acceptors (Lipinski definition) is 3. The van der Waals surface area contributed by atoms with Crippen molar-refractivity contribution in [3.8, 4) is 0 Å². The highest BCUT2D eigenvalue weighted by molar-refractivity contribution is 5.85. The molecule has 5 nitrogen and oxygen atoms in total. The fraction of sp³-hybridized carbons (Fsp3) is 0.455. The van der Waals surface area contributed by atoms with E-state index in [4.69, 9.17) is 0 Å². The Labute approximate surface area is 107 Å². The SMILES string of the molecule is Cc1c(CNCc2cnn(C)c2)cnn1C.Cl. The van der Waals surface area contributed by atoms with E-state index in [0.717, 1.165) is 13.1 Å². The zero-order chi connectivity index (χ0) is 11.5. The summed E-state index contributed by atoms with van der Waals surface area (Å²) in [4.78, 5) is 0. The third-order valence-corrected chi connectivity index (χ3v) is 2.74. The van der Waals surface area contributed by atoms with E-state index in [-0.39, 0.29) is 12.4 Å². The van der Waals surface area contributed by atoms with Crippen LogP contribution in [0.25, 0.3) is 0 Å². The predicted octanol–water partition coefficient (Wildman–Crippen LogP) is 1.17. The molecule has 0 aromatic carbocycles. The van der Waals surface area contributed by atoms with Gasteiger partial charge in [-0.25, -0.2) is 0 Å². The third-order valence-electron chi connectivity index (χ3n) is 2.74. The number of aromatic nitrogens is 4. The molecule has 0 unspecified atom stereocenters. The van der Waals surface area contributed by atoms with Gasteiger partial charge in [0, 0.05) is 50.2 Å². The highest BCUT2D eigenvalue weighted by Crippen LogP contribution is 2.05. The number of hydrogen-bond donors (Lipinski definition) is 1. The fourth-order valence-corrected chi connectivity index (χ4v) is 1.62. The highest BCUT2D eigenvalue weighted by atomic mass is 35.5. The van der Waals surface area contributed by atoms with Gasteiger partial charge < -0.3 is 5.32 Å². The van der Waals surface area contributed by atoms with Crippen LogP contribution in [0, 0.1) is 6.92 Å². The molecule has 1 N–H and O–H groups in total. The van der Waals surface area contributed by atoms with E-state index < -0.39 is 0 Å². The molecular formula is C11H18ClN5. The van der Waals surface area contributed by atoms with Gasteiger partial charge in [0.2, 0.25) is 0 Å². The van der Waals surface area contributed by atoms with E-state index in [1.807, 2.05) is 42.0 Å². The topological polar surface area (TPSA) is 47.7 Å². The van der Waals surface area contributed by atoms with Crippen LogP contribution < -0.4 is 5.32 Å². The van der Waals surface area contributed by atoms with Crippen molar-refractivity contribution in [1.29, 1.82) is 0 Å². The van der Waals surface area contributed by atoms with Gasteiger partial charge in [-0.05, 0) is 6.92 Å². The van der Waals surface area contributed by atoms with Crippen LogP contribution in [0.1, 0.15) is 16.8 Å². The molecule has 0 bridgehead atoms. The minimum absolute atomic E-state index is 0. The molecule has 2 rings (SSSR count). The molecule has 2 aromatic rings. The fourth-order valence-electron chi connectivity index (χ4n) is 1.62. The molecule has 94 valence electrons. The first-order valence-electron chi connectivity index (χ1n) is 5.32. The van der Waals surface area contributed by atoms with Crippen molar-refractivity contribution in [2.75, 3.05) is 0 Å². The zero-order valence-corrected chi connectivity index (χ0v) is 11.2. The Kier molecular flexibility index (Phi) is 4.72. The van der Waals surface area contributed by atoms with Gasteiger partial charge in [-0.2, -0.15) is 10.2 Å². The number of aryl methyl sites for hydroxylation is 2. The number of rotatable bonds is 4. The quantitative estimate of drug-likeness (QED) is 0.892. The summed E-state index contributed by atoms with van der Waals surface area (Å²) in [5.41, 5.74) is 3.65. The molecule has 2 heterocycles. The van der Waals surface area contributed by atoms with Crippen LogP contribution in [0.4, 0.5) is 0 Å². The van der Waals surface area contributed by atoms with Crippen molar-refractivity contribution in [1.82, 2.24) is 24.9 Å². The monoisotopic (exact) mass is 255 g/mol. The van der Waals surface area contributed by atoms with Gasteiger partial charge in [-0.3, -0.25) is 9.36 Å². The first-order valence-corrected chi connectivity index (χ1v) is 5.32. The number of nitrogens with zero attached hydrogens (tertiary/aromatic N) is 4. The Morgan fingerprint density at radius 1 is 1.18 bits per heavy atom. The van der Waals surface area contributed by atoms with Crippen LogP contribution in [0.2, 0.25) is 0 Å². The van der Waals surface area contributed by atoms with Crippen LogP contribution in [-0.2, 0) is 27.2 Å². The molecule has 0 atom stereocenters. The van der Waals surface area contributed by atoms with Crippen molar-refractivity contribution in [3.63, 3.8) is 0 Å². The molecule has 0 spiro atoms. The molecule has 0 fully saturated rings. The van der Waals surface area contributed by atoms with E-state index >= 15 is 0 Å². The van der Waals surface area contributed by atoms with E-state index in [2.05, 4.69) is 22.4 Å². The molecule has 0 aliphatic rings. The molecular weight excluding hydrogens is 238 g/mol. The van der Waals surface area contributed by atoms with Crippen molar-refractivity contribution >= 4 is 12.4 Å². The van der Waals surface area contributed by atoms with Crippen molar-refractivity contribution in [3.05, 3.63) is 35.4 Å². The summed E-state index contributed by atoms with van der Waals surface area (Å²) >= 11 is 0. The van der Waals surface area contributed by atoms with Crippen LogP contribution in [0.15, 0.2) is 18.6 Å². The van der Waals surface area contributed by atoms with Crippen molar-refractivity contribution in [2.45, 2.75) is 20.0 Å². The second-order valence-corrected chi connectivity index (χ2v) is 4.00. The van der Waals surface area contributed by atoms with Gasteiger partial charge >= 0.3 is 0 Å². The van der Waals surface area contributed by atoms with Gasteiger partial charge in [-0.1, -0.05) is 0 Å². The second-order valence-electron chi connectivity index (χ2n) is 4.00. The van der Waals surface area contributed by atoms with Crippen molar-refractivity contribution in [2.24, 2.45) is 14.1 Å². The smallest absolute Gasteiger partial charge is 0.0537 e. The summed E-state index contributed by atoms with van der Waals surface area (Å²) in [6, 6.07) is 0. The van der Waals surface area contributed by atoms with Crippen LogP contribution in [0.5, 0.6) is 0 Å². The number of nitrogens with one attached hydrogen (secondary N) is 1. The summed E-state index contributed by atoms with van der Waals surface area (Å²) < 4.78 is 3.70. The molecule has 0 aliphatic heterocycles. The van der Waals surface area contributed by atoms with E-state index in [0.29, 0.717) is 0 Å². The lowest BCUT2D eigenvalue weighted by Crippen LogP contribution is -2.12. The molecule has 0 aliphatic carbocycles. The zero-order valence-electron chi connectivity index (χ0n) is 10.3. The summed E-state index contributed by atoms with van der Waals surface area (Å²) in [5.74, 6) is 0. The molecule has 6 heteroatoms. The van der Waals surface area contributed by atoms with Crippen molar-refractivity contribution < 1.29 is 0 Å². The summed E-state index contributed by atoms with van der Waals surface area (Å²) in [6.45, 7) is 3.75. The molecule has 2 aromatic heterocycles. The maximum absolute atomic E-state index is 4.21. The Hall–Kier alpha value is -1.33.